The molecular weight excluding hydrogens is 280 g/mol. The van der Waals surface area contributed by atoms with E-state index in [1.807, 2.05) is 36.6 Å². The molecule has 3 heterocycles. The van der Waals surface area contributed by atoms with E-state index in [1.165, 1.54) is 5.56 Å². The molecule has 1 aromatic carbocycles. The Bertz CT molecular complexity index is 756. The summed E-state index contributed by atoms with van der Waals surface area (Å²) in [5.41, 5.74) is 2.25. The van der Waals surface area contributed by atoms with Gasteiger partial charge in [0.05, 0.1) is 6.20 Å². The van der Waals surface area contributed by atoms with Gasteiger partial charge in [-0.25, -0.2) is 9.97 Å². The summed E-state index contributed by atoms with van der Waals surface area (Å²) >= 11 is 0. The van der Waals surface area contributed by atoms with Crippen molar-refractivity contribution in [2.45, 2.75) is 13.8 Å². The summed E-state index contributed by atoms with van der Waals surface area (Å²) in [6, 6.07) is 5.91. The largest absolute Gasteiger partial charge is 0.454 e. The molecule has 0 radical (unpaired) electrons. The molecule has 6 nitrogen and oxygen atoms in total. The van der Waals surface area contributed by atoms with Gasteiger partial charge in [-0.15, -0.1) is 0 Å². The van der Waals surface area contributed by atoms with Crippen LogP contribution in [0.3, 0.4) is 0 Å². The van der Waals surface area contributed by atoms with Crippen LogP contribution in [-0.2, 0) is 0 Å². The lowest BCUT2D eigenvalue weighted by molar-refractivity contribution is 0.174. The van der Waals surface area contributed by atoms with Crippen LogP contribution in [0.25, 0.3) is 5.82 Å². The van der Waals surface area contributed by atoms with Crippen LogP contribution >= 0.6 is 0 Å². The predicted molar refractivity (Wildman–Crippen MR) is 81.2 cm³/mol. The van der Waals surface area contributed by atoms with Crippen LogP contribution in [0.15, 0.2) is 49.3 Å². The van der Waals surface area contributed by atoms with Crippen LogP contribution in [0.5, 0.6) is 11.5 Å². The van der Waals surface area contributed by atoms with Crippen molar-refractivity contribution >= 4 is 0 Å². The Kier molecular flexibility index (Phi) is 4.00. The zero-order valence-electron chi connectivity index (χ0n) is 12.4. The van der Waals surface area contributed by atoms with Gasteiger partial charge in [0, 0.05) is 24.3 Å². The molecule has 0 N–H and O–H groups in total. The van der Waals surface area contributed by atoms with Gasteiger partial charge >= 0.3 is 0 Å². The summed E-state index contributed by atoms with van der Waals surface area (Å²) in [4.78, 5) is 12.1. The van der Waals surface area contributed by atoms with Gasteiger partial charge in [-0.3, -0.25) is 9.55 Å². The number of imidazole rings is 1. The zero-order valence-corrected chi connectivity index (χ0v) is 12.4. The standard InChI is InChI=1S/C8H8N4.C8H8O2/c1-7-4-10-6-12(7)8-5-9-2-3-11-8;1-6-2-3-7-8(4-6)10-5-9-7/h2-6H,1H3;2-4H,5H2,1H3. The maximum absolute atomic E-state index is 5.16. The van der Waals surface area contributed by atoms with Crippen LogP contribution in [0.1, 0.15) is 11.3 Å². The third kappa shape index (κ3) is 3.06. The molecule has 3 aromatic rings. The van der Waals surface area contributed by atoms with Crippen LogP contribution in [0.2, 0.25) is 0 Å². The van der Waals surface area contributed by atoms with Crippen molar-refractivity contribution in [1.82, 2.24) is 19.5 Å². The molecule has 4 rings (SSSR count). The molecule has 0 unspecified atom stereocenters. The number of benzene rings is 1. The van der Waals surface area contributed by atoms with Crippen molar-refractivity contribution in [2.75, 3.05) is 6.79 Å². The van der Waals surface area contributed by atoms with Crippen molar-refractivity contribution in [1.29, 1.82) is 0 Å². The molecule has 0 saturated carbocycles. The molecule has 0 spiro atoms. The molecule has 2 aromatic heterocycles. The third-order valence-corrected chi connectivity index (χ3v) is 3.15. The number of fused-ring (bicyclic) bond motifs is 1. The van der Waals surface area contributed by atoms with E-state index in [-0.39, 0.29) is 0 Å². The molecule has 1 aliphatic heterocycles. The van der Waals surface area contributed by atoms with E-state index in [4.69, 9.17) is 9.47 Å². The Morgan fingerprint density at radius 3 is 2.59 bits per heavy atom. The molecule has 112 valence electrons. The van der Waals surface area contributed by atoms with Gasteiger partial charge in [0.1, 0.15) is 6.33 Å². The van der Waals surface area contributed by atoms with Crippen LogP contribution in [0.4, 0.5) is 0 Å². The maximum Gasteiger partial charge on any atom is 0.231 e. The van der Waals surface area contributed by atoms with E-state index in [0.29, 0.717) is 6.79 Å². The monoisotopic (exact) mass is 296 g/mol. The van der Waals surface area contributed by atoms with Gasteiger partial charge in [-0.05, 0) is 31.5 Å². The minimum atomic E-state index is 0.360. The van der Waals surface area contributed by atoms with Gasteiger partial charge in [0.25, 0.3) is 0 Å². The Balaban J connectivity index is 0.000000133. The fraction of sp³-hybridized carbons (Fsp3) is 0.188. The third-order valence-electron chi connectivity index (χ3n) is 3.15. The molecule has 22 heavy (non-hydrogen) atoms. The van der Waals surface area contributed by atoms with E-state index < -0.39 is 0 Å². The molecule has 0 bridgehead atoms. The highest BCUT2D eigenvalue weighted by Gasteiger charge is 2.11. The van der Waals surface area contributed by atoms with Crippen LogP contribution in [0, 0.1) is 13.8 Å². The van der Waals surface area contributed by atoms with Crippen LogP contribution < -0.4 is 9.47 Å². The quantitative estimate of drug-likeness (QED) is 0.691. The van der Waals surface area contributed by atoms with Crippen molar-refractivity contribution < 1.29 is 9.47 Å². The number of aromatic nitrogens is 4. The molecule has 0 saturated heterocycles. The Labute approximate surface area is 128 Å². The Morgan fingerprint density at radius 1 is 1.00 bits per heavy atom. The summed E-state index contributed by atoms with van der Waals surface area (Å²) in [7, 11) is 0. The molecule has 0 atom stereocenters. The minimum Gasteiger partial charge on any atom is -0.454 e. The van der Waals surface area contributed by atoms with Gasteiger partial charge in [-0.1, -0.05) is 6.07 Å². The average molecular weight is 296 g/mol. The lowest BCUT2D eigenvalue weighted by Gasteiger charge is -2.00. The average Bonchev–Trinajstić information content (AvgIpc) is 3.17. The van der Waals surface area contributed by atoms with E-state index in [9.17, 15) is 0 Å². The molecule has 6 heteroatoms. The second kappa shape index (κ2) is 6.26. The smallest absolute Gasteiger partial charge is 0.231 e. The molecule has 0 amide bonds. The predicted octanol–water partition coefficient (Wildman–Crippen LogP) is 2.69. The number of ether oxygens (including phenoxy) is 2. The molecular formula is C16H16N4O2. The summed E-state index contributed by atoms with van der Waals surface area (Å²) in [6.45, 7) is 4.36. The summed E-state index contributed by atoms with van der Waals surface area (Å²) < 4.78 is 12.2. The summed E-state index contributed by atoms with van der Waals surface area (Å²) in [5, 5.41) is 0. The minimum absolute atomic E-state index is 0.360. The summed E-state index contributed by atoms with van der Waals surface area (Å²) in [5.74, 6) is 2.51. The highest BCUT2D eigenvalue weighted by Crippen LogP contribution is 2.31. The Morgan fingerprint density at radius 2 is 1.86 bits per heavy atom. The zero-order chi connectivity index (χ0) is 15.4. The first kappa shape index (κ1) is 14.1. The van der Waals surface area contributed by atoms with Gasteiger partial charge in [0.2, 0.25) is 6.79 Å². The second-order valence-electron chi connectivity index (χ2n) is 4.83. The number of hydrogen-bond donors (Lipinski definition) is 0. The fourth-order valence-corrected chi connectivity index (χ4v) is 2.02. The van der Waals surface area contributed by atoms with E-state index in [1.54, 1.807) is 31.1 Å². The van der Waals surface area contributed by atoms with E-state index >= 15 is 0 Å². The maximum atomic E-state index is 5.16. The highest BCUT2D eigenvalue weighted by atomic mass is 16.7. The van der Waals surface area contributed by atoms with Gasteiger partial charge in [0.15, 0.2) is 17.3 Å². The van der Waals surface area contributed by atoms with Crippen molar-refractivity contribution in [2.24, 2.45) is 0 Å². The number of aryl methyl sites for hydroxylation is 2. The topological polar surface area (TPSA) is 62.1 Å². The first-order valence-corrected chi connectivity index (χ1v) is 6.85. The number of nitrogens with zero attached hydrogens (tertiary/aromatic N) is 4. The first-order valence-electron chi connectivity index (χ1n) is 6.85. The van der Waals surface area contributed by atoms with E-state index in [2.05, 4.69) is 15.0 Å². The highest BCUT2D eigenvalue weighted by molar-refractivity contribution is 5.43. The lowest BCUT2D eigenvalue weighted by atomic mass is 10.2. The normalized spacial score (nSPS) is 11.7. The SMILES string of the molecule is Cc1ccc2c(c1)OCO2.Cc1cncn1-c1cnccn1. The molecule has 0 fully saturated rings. The van der Waals surface area contributed by atoms with Crippen molar-refractivity contribution in [3.05, 3.63) is 60.6 Å². The van der Waals surface area contributed by atoms with Gasteiger partial charge < -0.3 is 9.47 Å². The first-order chi connectivity index (χ1) is 10.7. The lowest BCUT2D eigenvalue weighted by Crippen LogP contribution is -1.97. The van der Waals surface area contributed by atoms with E-state index in [0.717, 1.165) is 23.0 Å². The molecule has 1 aliphatic rings. The molecule has 0 aliphatic carbocycles. The summed E-state index contributed by atoms with van der Waals surface area (Å²) in [6.07, 6.45) is 8.52. The van der Waals surface area contributed by atoms with Crippen LogP contribution in [-0.4, -0.2) is 26.3 Å². The Hall–Kier alpha value is -2.89. The van der Waals surface area contributed by atoms with Crippen molar-refractivity contribution in [3.63, 3.8) is 0 Å². The van der Waals surface area contributed by atoms with Gasteiger partial charge in [-0.2, -0.15) is 0 Å². The number of hydrogen-bond acceptors (Lipinski definition) is 5. The second-order valence-corrected chi connectivity index (χ2v) is 4.83. The van der Waals surface area contributed by atoms with Crippen molar-refractivity contribution in [3.8, 4) is 17.3 Å². The fourth-order valence-electron chi connectivity index (χ4n) is 2.02. The number of rotatable bonds is 1.